The summed E-state index contributed by atoms with van der Waals surface area (Å²) in [6, 6.07) is 12.4. The largest absolute Gasteiger partial charge is 0.337 e. The Labute approximate surface area is 129 Å². The Hall–Kier alpha value is -2.89. The van der Waals surface area contributed by atoms with Crippen molar-refractivity contribution < 1.29 is 9.59 Å². The fourth-order valence-corrected chi connectivity index (χ4v) is 1.73. The monoisotopic (exact) mass is 298 g/mol. The summed E-state index contributed by atoms with van der Waals surface area (Å²) in [5, 5.41) is 7.97. The van der Waals surface area contributed by atoms with Crippen LogP contribution >= 0.6 is 0 Å². The Kier molecular flexibility index (Phi) is 5.48. The number of carbonyl (C=O) groups is 2. The molecule has 6 nitrogen and oxygen atoms in total. The van der Waals surface area contributed by atoms with Gasteiger partial charge in [-0.15, -0.1) is 0 Å². The van der Waals surface area contributed by atoms with E-state index in [0.29, 0.717) is 11.5 Å². The average Bonchev–Trinajstić information content (AvgIpc) is 2.50. The molecule has 0 atom stereocenters. The summed E-state index contributed by atoms with van der Waals surface area (Å²) in [5.74, 6) is 0.306. The molecular formula is C16H18N4O2. The van der Waals surface area contributed by atoms with Crippen molar-refractivity contribution in [2.45, 2.75) is 13.3 Å². The van der Waals surface area contributed by atoms with E-state index >= 15 is 0 Å². The van der Waals surface area contributed by atoms with Gasteiger partial charge < -0.3 is 16.0 Å². The summed E-state index contributed by atoms with van der Waals surface area (Å²) in [6.45, 7) is 2.17. The number of rotatable bonds is 5. The number of aromatic nitrogens is 1. The van der Waals surface area contributed by atoms with Gasteiger partial charge in [-0.05, 0) is 30.7 Å². The van der Waals surface area contributed by atoms with Crippen molar-refractivity contribution in [1.82, 2.24) is 10.3 Å². The Bertz CT molecular complexity index is 626. The predicted molar refractivity (Wildman–Crippen MR) is 85.7 cm³/mol. The molecule has 0 aliphatic carbocycles. The van der Waals surface area contributed by atoms with E-state index in [4.69, 9.17) is 0 Å². The fourth-order valence-electron chi connectivity index (χ4n) is 1.73. The van der Waals surface area contributed by atoms with Gasteiger partial charge in [-0.2, -0.15) is 0 Å². The number of nitrogens with one attached hydrogen (secondary N) is 3. The molecule has 0 saturated carbocycles. The molecule has 0 radical (unpaired) electrons. The Morgan fingerprint density at radius 1 is 1.05 bits per heavy atom. The Morgan fingerprint density at radius 2 is 1.82 bits per heavy atom. The lowest BCUT2D eigenvalue weighted by molar-refractivity contribution is -0.116. The van der Waals surface area contributed by atoms with Gasteiger partial charge in [0.05, 0.1) is 0 Å². The number of hydrogen-bond donors (Lipinski definition) is 3. The number of amides is 3. The second-order valence-electron chi connectivity index (χ2n) is 4.77. The van der Waals surface area contributed by atoms with Crippen LogP contribution in [0.2, 0.25) is 0 Å². The van der Waals surface area contributed by atoms with Crippen molar-refractivity contribution in [2.24, 2.45) is 0 Å². The third-order valence-corrected chi connectivity index (χ3v) is 2.85. The van der Waals surface area contributed by atoms with Crippen LogP contribution in [0, 0.1) is 6.92 Å². The van der Waals surface area contributed by atoms with Crippen LogP contribution in [-0.2, 0) is 4.79 Å². The van der Waals surface area contributed by atoms with Crippen LogP contribution in [0.25, 0.3) is 0 Å². The molecule has 22 heavy (non-hydrogen) atoms. The van der Waals surface area contributed by atoms with Crippen LogP contribution in [-0.4, -0.2) is 23.5 Å². The van der Waals surface area contributed by atoms with E-state index in [0.717, 1.165) is 5.56 Å². The first-order valence-electron chi connectivity index (χ1n) is 6.96. The SMILES string of the molecule is Cc1ccc(NC(=O)CCNC(=O)Nc2ccccc2)nc1. The molecule has 0 fully saturated rings. The number of carbonyl (C=O) groups excluding carboxylic acids is 2. The first kappa shape index (κ1) is 15.5. The average molecular weight is 298 g/mol. The standard InChI is InChI=1S/C16H18N4O2/c1-12-7-8-14(18-11-12)20-15(21)9-10-17-16(22)19-13-5-3-2-4-6-13/h2-8,11H,9-10H2,1H3,(H2,17,19,22)(H,18,20,21). The highest BCUT2D eigenvalue weighted by atomic mass is 16.2. The van der Waals surface area contributed by atoms with Gasteiger partial charge >= 0.3 is 6.03 Å². The minimum absolute atomic E-state index is 0.178. The lowest BCUT2D eigenvalue weighted by Crippen LogP contribution is -2.31. The zero-order valence-corrected chi connectivity index (χ0v) is 12.3. The summed E-state index contributed by atoms with van der Waals surface area (Å²) in [4.78, 5) is 27.4. The first-order valence-corrected chi connectivity index (χ1v) is 6.96. The first-order chi connectivity index (χ1) is 10.6. The fraction of sp³-hybridized carbons (Fsp3) is 0.188. The van der Waals surface area contributed by atoms with Crippen LogP contribution in [0.3, 0.4) is 0 Å². The molecule has 0 bridgehead atoms. The molecule has 6 heteroatoms. The predicted octanol–water partition coefficient (Wildman–Crippen LogP) is 2.54. The molecule has 114 valence electrons. The highest BCUT2D eigenvalue weighted by Gasteiger charge is 2.05. The Balaban J connectivity index is 1.68. The number of hydrogen-bond acceptors (Lipinski definition) is 3. The number of urea groups is 1. The van der Waals surface area contributed by atoms with Crippen molar-refractivity contribution in [3.63, 3.8) is 0 Å². The van der Waals surface area contributed by atoms with Crippen LogP contribution in [0.5, 0.6) is 0 Å². The highest BCUT2D eigenvalue weighted by Crippen LogP contribution is 2.05. The number of para-hydroxylation sites is 1. The molecule has 2 rings (SSSR count). The maximum atomic E-state index is 11.7. The van der Waals surface area contributed by atoms with E-state index in [1.54, 1.807) is 24.4 Å². The number of pyridine rings is 1. The molecule has 1 aromatic heterocycles. The quantitative estimate of drug-likeness (QED) is 0.793. The van der Waals surface area contributed by atoms with Crippen LogP contribution in [0.15, 0.2) is 48.7 Å². The van der Waals surface area contributed by atoms with Crippen molar-refractivity contribution in [2.75, 3.05) is 17.2 Å². The number of benzene rings is 1. The van der Waals surface area contributed by atoms with Crippen LogP contribution in [0.4, 0.5) is 16.3 Å². The molecule has 3 N–H and O–H groups in total. The van der Waals surface area contributed by atoms with Gasteiger partial charge in [0.1, 0.15) is 5.82 Å². The Morgan fingerprint density at radius 3 is 2.50 bits per heavy atom. The van der Waals surface area contributed by atoms with E-state index in [2.05, 4.69) is 20.9 Å². The second kappa shape index (κ2) is 7.78. The molecule has 1 heterocycles. The van der Waals surface area contributed by atoms with Crippen molar-refractivity contribution >= 4 is 23.4 Å². The molecule has 1 aromatic carbocycles. The van der Waals surface area contributed by atoms with Gasteiger partial charge in [0.2, 0.25) is 5.91 Å². The van der Waals surface area contributed by atoms with Crippen molar-refractivity contribution in [1.29, 1.82) is 0 Å². The minimum atomic E-state index is -0.340. The molecule has 0 spiro atoms. The molecule has 0 aliphatic rings. The maximum absolute atomic E-state index is 11.7. The molecule has 2 aromatic rings. The van der Waals surface area contributed by atoms with Gasteiger partial charge in [0.15, 0.2) is 0 Å². The zero-order chi connectivity index (χ0) is 15.8. The minimum Gasteiger partial charge on any atom is -0.337 e. The normalized spacial score (nSPS) is 9.86. The summed E-state index contributed by atoms with van der Waals surface area (Å²) in [5.41, 5.74) is 1.73. The summed E-state index contributed by atoms with van der Waals surface area (Å²) in [6.07, 6.45) is 1.86. The number of anilines is 2. The van der Waals surface area contributed by atoms with Gasteiger partial charge in [-0.25, -0.2) is 9.78 Å². The lowest BCUT2D eigenvalue weighted by Gasteiger charge is -2.08. The van der Waals surface area contributed by atoms with Crippen LogP contribution < -0.4 is 16.0 Å². The van der Waals surface area contributed by atoms with E-state index in [-0.39, 0.29) is 24.9 Å². The lowest BCUT2D eigenvalue weighted by atomic mass is 10.3. The zero-order valence-electron chi connectivity index (χ0n) is 12.3. The third kappa shape index (κ3) is 5.24. The molecule has 3 amide bonds. The number of aryl methyl sites for hydroxylation is 1. The highest BCUT2D eigenvalue weighted by molar-refractivity contribution is 5.91. The maximum Gasteiger partial charge on any atom is 0.319 e. The topological polar surface area (TPSA) is 83.1 Å². The van der Waals surface area contributed by atoms with Gasteiger partial charge in [0, 0.05) is 24.8 Å². The summed E-state index contributed by atoms with van der Waals surface area (Å²) >= 11 is 0. The second-order valence-corrected chi connectivity index (χ2v) is 4.77. The van der Waals surface area contributed by atoms with Gasteiger partial charge in [-0.1, -0.05) is 24.3 Å². The smallest absolute Gasteiger partial charge is 0.319 e. The van der Waals surface area contributed by atoms with Crippen LogP contribution in [0.1, 0.15) is 12.0 Å². The summed E-state index contributed by atoms with van der Waals surface area (Å²) in [7, 11) is 0. The van der Waals surface area contributed by atoms with Gasteiger partial charge in [-0.3, -0.25) is 4.79 Å². The van der Waals surface area contributed by atoms with E-state index in [1.165, 1.54) is 0 Å². The molecule has 0 saturated heterocycles. The third-order valence-electron chi connectivity index (χ3n) is 2.85. The van der Waals surface area contributed by atoms with E-state index in [1.807, 2.05) is 31.2 Å². The number of nitrogens with zero attached hydrogens (tertiary/aromatic N) is 1. The molecule has 0 aliphatic heterocycles. The van der Waals surface area contributed by atoms with Crippen molar-refractivity contribution in [3.05, 3.63) is 54.2 Å². The van der Waals surface area contributed by atoms with E-state index < -0.39 is 0 Å². The van der Waals surface area contributed by atoms with Gasteiger partial charge in [0.25, 0.3) is 0 Å². The van der Waals surface area contributed by atoms with E-state index in [9.17, 15) is 9.59 Å². The van der Waals surface area contributed by atoms with Crippen molar-refractivity contribution in [3.8, 4) is 0 Å². The molecule has 0 unspecified atom stereocenters. The summed E-state index contributed by atoms with van der Waals surface area (Å²) < 4.78 is 0. The molecular weight excluding hydrogens is 280 g/mol.